The molecule has 3 aromatic rings. The number of carbonyl (C=O) groups excluding carboxylic acids is 2. The third-order valence-corrected chi connectivity index (χ3v) is 9.07. The van der Waals surface area contributed by atoms with Crippen LogP contribution in [0.15, 0.2) is 83.8 Å². The van der Waals surface area contributed by atoms with Crippen molar-refractivity contribution in [1.82, 2.24) is 14.9 Å². The van der Waals surface area contributed by atoms with E-state index in [0.717, 1.165) is 29.5 Å². The maximum absolute atomic E-state index is 13.9. The Kier molecular flexibility index (Phi) is 11.7. The molecule has 0 unspecified atom stereocenters. The fraction of sp³-hybridized carbons (Fsp3) is 0.394. The van der Waals surface area contributed by atoms with Gasteiger partial charge in [-0.05, 0) is 60.2 Å². The van der Waals surface area contributed by atoms with Crippen molar-refractivity contribution in [2.45, 2.75) is 62.6 Å². The summed E-state index contributed by atoms with van der Waals surface area (Å²) in [5, 5.41) is 3.05. The molecule has 10 heteroatoms. The van der Waals surface area contributed by atoms with Gasteiger partial charge in [0.1, 0.15) is 11.8 Å². The second kappa shape index (κ2) is 15.7. The predicted octanol–water partition coefficient (Wildman–Crippen LogP) is 3.86. The van der Waals surface area contributed by atoms with Crippen LogP contribution in [-0.2, 0) is 43.7 Å². The lowest BCUT2D eigenvalue weighted by Crippen LogP contribution is -2.51. The second-order valence-corrected chi connectivity index (χ2v) is 12.4. The smallest absolute Gasteiger partial charge is 0.243 e. The Morgan fingerprint density at radius 2 is 1.67 bits per heavy atom. The molecular formula is C33H41N3O6S. The highest BCUT2D eigenvalue weighted by atomic mass is 32.2. The summed E-state index contributed by atoms with van der Waals surface area (Å²) in [6.45, 7) is 3.36. The molecule has 0 radical (unpaired) electrons. The van der Waals surface area contributed by atoms with Crippen molar-refractivity contribution in [2.75, 3.05) is 26.8 Å². The van der Waals surface area contributed by atoms with E-state index in [1.54, 1.807) is 43.2 Å². The molecule has 2 amide bonds. The number of hydrogen-bond donors (Lipinski definition) is 2. The number of rotatable bonds is 15. The van der Waals surface area contributed by atoms with E-state index in [1.165, 1.54) is 0 Å². The summed E-state index contributed by atoms with van der Waals surface area (Å²) in [7, 11) is -1.96. The monoisotopic (exact) mass is 607 g/mol. The van der Waals surface area contributed by atoms with Crippen LogP contribution in [0.2, 0.25) is 0 Å². The third kappa shape index (κ3) is 9.38. The number of nitrogens with one attached hydrogen (secondary N) is 2. The first-order chi connectivity index (χ1) is 20.8. The average Bonchev–Trinajstić information content (AvgIpc) is 3.55. The molecule has 0 aromatic heterocycles. The molecule has 2 N–H and O–H groups in total. The Morgan fingerprint density at radius 1 is 0.977 bits per heavy atom. The number of sulfonamides is 1. The molecule has 3 aromatic carbocycles. The van der Waals surface area contributed by atoms with Crippen LogP contribution in [0.1, 0.15) is 42.9 Å². The molecule has 0 saturated carbocycles. The van der Waals surface area contributed by atoms with Gasteiger partial charge in [-0.1, -0.05) is 61.5 Å². The van der Waals surface area contributed by atoms with E-state index in [-0.39, 0.29) is 35.8 Å². The minimum Gasteiger partial charge on any atom is -0.497 e. The minimum absolute atomic E-state index is 0.0219. The van der Waals surface area contributed by atoms with Crippen LogP contribution in [0.4, 0.5) is 0 Å². The lowest BCUT2D eigenvalue weighted by molar-refractivity contribution is -0.141. The van der Waals surface area contributed by atoms with Gasteiger partial charge < -0.3 is 19.7 Å². The van der Waals surface area contributed by atoms with Crippen LogP contribution in [0.3, 0.4) is 0 Å². The first kappa shape index (κ1) is 32.2. The number of aryl methyl sites for hydroxylation is 1. The van der Waals surface area contributed by atoms with Gasteiger partial charge in [0, 0.05) is 39.1 Å². The third-order valence-electron chi connectivity index (χ3n) is 7.51. The van der Waals surface area contributed by atoms with Gasteiger partial charge in [-0.25, -0.2) is 13.1 Å². The maximum atomic E-state index is 13.9. The van der Waals surface area contributed by atoms with Crippen LogP contribution >= 0.6 is 0 Å². The van der Waals surface area contributed by atoms with Gasteiger partial charge in [-0.2, -0.15) is 0 Å². The number of amides is 2. The molecule has 1 fully saturated rings. The summed E-state index contributed by atoms with van der Waals surface area (Å²) in [6, 6.07) is 22.9. The van der Waals surface area contributed by atoms with Crippen LogP contribution in [-0.4, -0.2) is 64.1 Å². The van der Waals surface area contributed by atoms with Gasteiger partial charge in [0.15, 0.2) is 0 Å². The molecule has 9 nitrogen and oxygen atoms in total. The predicted molar refractivity (Wildman–Crippen MR) is 165 cm³/mol. The topological polar surface area (TPSA) is 114 Å². The molecule has 1 heterocycles. The molecular weight excluding hydrogens is 566 g/mol. The SMILES string of the molecule is CCNS(=O)(=O)c1ccc(CCC(=O)N(Cc2ccc(OC)cc2)[C@H](Cc2ccccc2)C(=O)NC[C@H]2CCCO2)cc1. The molecule has 1 aliphatic rings. The molecule has 230 valence electrons. The summed E-state index contributed by atoms with van der Waals surface area (Å²) in [4.78, 5) is 29.5. The van der Waals surface area contributed by atoms with E-state index in [2.05, 4.69) is 10.0 Å². The zero-order valence-electron chi connectivity index (χ0n) is 24.8. The zero-order valence-corrected chi connectivity index (χ0v) is 25.6. The maximum Gasteiger partial charge on any atom is 0.243 e. The van der Waals surface area contributed by atoms with Crippen molar-refractivity contribution < 1.29 is 27.5 Å². The van der Waals surface area contributed by atoms with E-state index in [1.807, 2.05) is 54.6 Å². The van der Waals surface area contributed by atoms with E-state index in [0.29, 0.717) is 38.3 Å². The molecule has 0 aliphatic carbocycles. The average molecular weight is 608 g/mol. The number of hydrogen-bond acceptors (Lipinski definition) is 6. The Morgan fingerprint density at radius 3 is 2.30 bits per heavy atom. The molecule has 43 heavy (non-hydrogen) atoms. The van der Waals surface area contributed by atoms with Crippen molar-refractivity contribution in [3.8, 4) is 5.75 Å². The molecule has 0 spiro atoms. The van der Waals surface area contributed by atoms with Crippen molar-refractivity contribution in [3.63, 3.8) is 0 Å². The van der Waals surface area contributed by atoms with E-state index < -0.39 is 16.1 Å². The largest absolute Gasteiger partial charge is 0.497 e. The first-order valence-electron chi connectivity index (χ1n) is 14.7. The Hall–Kier alpha value is -3.73. The molecule has 4 rings (SSSR count). The Labute approximate surface area is 254 Å². The first-order valence-corrected chi connectivity index (χ1v) is 16.2. The number of benzene rings is 3. The van der Waals surface area contributed by atoms with Crippen molar-refractivity contribution in [2.24, 2.45) is 0 Å². The van der Waals surface area contributed by atoms with Crippen LogP contribution in [0, 0.1) is 0 Å². The number of carbonyl (C=O) groups is 2. The van der Waals surface area contributed by atoms with Crippen molar-refractivity contribution in [1.29, 1.82) is 0 Å². The zero-order chi connectivity index (χ0) is 30.7. The molecule has 2 atom stereocenters. The van der Waals surface area contributed by atoms with Crippen LogP contribution in [0.25, 0.3) is 0 Å². The summed E-state index contributed by atoms with van der Waals surface area (Å²) in [5.41, 5.74) is 2.65. The molecule has 0 bridgehead atoms. The summed E-state index contributed by atoms with van der Waals surface area (Å²) >= 11 is 0. The highest BCUT2D eigenvalue weighted by Crippen LogP contribution is 2.20. The Balaban J connectivity index is 1.56. The summed E-state index contributed by atoms with van der Waals surface area (Å²) < 4.78 is 38.1. The number of nitrogens with zero attached hydrogens (tertiary/aromatic N) is 1. The van der Waals surface area contributed by atoms with Gasteiger partial charge in [0.05, 0.1) is 18.1 Å². The van der Waals surface area contributed by atoms with Gasteiger partial charge in [0.25, 0.3) is 0 Å². The van der Waals surface area contributed by atoms with E-state index >= 15 is 0 Å². The highest BCUT2D eigenvalue weighted by Gasteiger charge is 2.31. The van der Waals surface area contributed by atoms with Crippen molar-refractivity contribution in [3.05, 3.63) is 95.6 Å². The molecule has 1 aliphatic heterocycles. The van der Waals surface area contributed by atoms with Crippen LogP contribution in [0.5, 0.6) is 5.75 Å². The Bertz CT molecular complexity index is 1420. The minimum atomic E-state index is -3.56. The van der Waals surface area contributed by atoms with Gasteiger partial charge in [-0.3, -0.25) is 9.59 Å². The van der Waals surface area contributed by atoms with E-state index in [4.69, 9.17) is 9.47 Å². The second-order valence-electron chi connectivity index (χ2n) is 10.6. The number of ether oxygens (including phenoxy) is 2. The number of methoxy groups -OCH3 is 1. The standard InChI is InChI=1S/C33H41N3O6S/c1-3-35-43(39,40)30-18-13-25(14-19-30)15-20-32(37)36(24-27-11-16-28(41-2)17-12-27)31(22-26-8-5-4-6-9-26)33(38)34-23-29-10-7-21-42-29/h4-6,8-9,11-14,16-19,29,31,35H,3,7,10,15,20-24H2,1-2H3,(H,34,38)/t29-,31-/m1/s1. The molecule has 1 saturated heterocycles. The summed E-state index contributed by atoms with van der Waals surface area (Å²) in [6.07, 6.45) is 2.75. The summed E-state index contributed by atoms with van der Waals surface area (Å²) in [5.74, 6) is 0.309. The van der Waals surface area contributed by atoms with Gasteiger partial charge in [-0.15, -0.1) is 0 Å². The fourth-order valence-electron chi connectivity index (χ4n) is 5.12. The van der Waals surface area contributed by atoms with Gasteiger partial charge >= 0.3 is 0 Å². The lowest BCUT2D eigenvalue weighted by Gasteiger charge is -2.32. The lowest BCUT2D eigenvalue weighted by atomic mass is 10.0. The van der Waals surface area contributed by atoms with Gasteiger partial charge in [0.2, 0.25) is 21.8 Å². The quantitative estimate of drug-likeness (QED) is 0.271. The van der Waals surface area contributed by atoms with E-state index in [9.17, 15) is 18.0 Å². The fourth-order valence-corrected chi connectivity index (χ4v) is 6.16. The highest BCUT2D eigenvalue weighted by molar-refractivity contribution is 7.89. The van der Waals surface area contributed by atoms with Crippen molar-refractivity contribution >= 4 is 21.8 Å². The normalized spacial score (nSPS) is 15.5. The van der Waals surface area contributed by atoms with Crippen LogP contribution < -0.4 is 14.8 Å².